The normalized spacial score (nSPS) is 14.4. The number of aryl methyl sites for hydroxylation is 1. The molecule has 2 aromatic rings. The van der Waals surface area contributed by atoms with Gasteiger partial charge in [0, 0.05) is 26.2 Å². The standard InChI is InChI=1S/C15H21N3O4S/c1-15(19,8-12-4-6-13(22-3)7-5-12)11-17-23(20,21)14-9-16-18(2)10-14/h4-7,9-10,17,19H,8,11H2,1-3H3. The van der Waals surface area contributed by atoms with Gasteiger partial charge in [-0.3, -0.25) is 4.68 Å². The molecule has 0 spiro atoms. The van der Waals surface area contributed by atoms with Crippen molar-refractivity contribution >= 4 is 10.0 Å². The van der Waals surface area contributed by atoms with Gasteiger partial charge in [-0.05, 0) is 24.6 Å². The van der Waals surface area contributed by atoms with E-state index in [9.17, 15) is 13.5 Å². The molecule has 1 unspecified atom stereocenters. The molecule has 1 heterocycles. The van der Waals surface area contributed by atoms with Crippen molar-refractivity contribution in [1.82, 2.24) is 14.5 Å². The second-order valence-electron chi connectivity index (χ2n) is 5.70. The minimum Gasteiger partial charge on any atom is -0.497 e. The second-order valence-corrected chi connectivity index (χ2v) is 7.46. The lowest BCUT2D eigenvalue weighted by molar-refractivity contribution is 0.0657. The molecule has 0 radical (unpaired) electrons. The van der Waals surface area contributed by atoms with Gasteiger partial charge >= 0.3 is 0 Å². The Hall–Kier alpha value is -1.90. The summed E-state index contributed by atoms with van der Waals surface area (Å²) < 4.78 is 33.2. The summed E-state index contributed by atoms with van der Waals surface area (Å²) in [5.74, 6) is 0.727. The van der Waals surface area contributed by atoms with Gasteiger partial charge in [-0.2, -0.15) is 5.10 Å². The van der Waals surface area contributed by atoms with Crippen LogP contribution in [-0.4, -0.2) is 42.6 Å². The number of rotatable bonds is 7. The van der Waals surface area contributed by atoms with E-state index in [-0.39, 0.29) is 11.4 Å². The van der Waals surface area contributed by atoms with E-state index in [0.29, 0.717) is 6.42 Å². The largest absolute Gasteiger partial charge is 0.497 e. The molecular weight excluding hydrogens is 318 g/mol. The van der Waals surface area contributed by atoms with E-state index < -0.39 is 15.6 Å². The van der Waals surface area contributed by atoms with Crippen molar-refractivity contribution in [2.75, 3.05) is 13.7 Å². The lowest BCUT2D eigenvalue weighted by Crippen LogP contribution is -2.42. The highest BCUT2D eigenvalue weighted by Gasteiger charge is 2.25. The Bertz CT molecular complexity index is 751. The molecule has 0 fully saturated rings. The number of nitrogens with one attached hydrogen (secondary N) is 1. The van der Waals surface area contributed by atoms with Crippen molar-refractivity contribution in [1.29, 1.82) is 0 Å². The molecule has 0 amide bonds. The number of benzene rings is 1. The van der Waals surface area contributed by atoms with Gasteiger partial charge in [0.25, 0.3) is 0 Å². The number of nitrogens with zero attached hydrogens (tertiary/aromatic N) is 2. The zero-order valence-electron chi connectivity index (χ0n) is 13.4. The Morgan fingerprint density at radius 2 is 2.00 bits per heavy atom. The summed E-state index contributed by atoms with van der Waals surface area (Å²) in [6, 6.07) is 7.27. The topological polar surface area (TPSA) is 93.4 Å². The van der Waals surface area contributed by atoms with Gasteiger partial charge in [0.05, 0.1) is 18.9 Å². The maximum atomic E-state index is 12.1. The summed E-state index contributed by atoms with van der Waals surface area (Å²) in [6.07, 6.45) is 2.98. The van der Waals surface area contributed by atoms with Crippen LogP contribution in [0.25, 0.3) is 0 Å². The van der Waals surface area contributed by atoms with Crippen LogP contribution in [0.3, 0.4) is 0 Å². The van der Waals surface area contributed by atoms with Gasteiger partial charge < -0.3 is 9.84 Å². The predicted octanol–water partition coefficient (Wildman–Crippen LogP) is 0.701. The Morgan fingerprint density at radius 1 is 1.35 bits per heavy atom. The molecule has 8 heteroatoms. The molecule has 126 valence electrons. The molecule has 1 aromatic carbocycles. The Balaban J connectivity index is 2.00. The van der Waals surface area contributed by atoms with Crippen LogP contribution in [0.1, 0.15) is 12.5 Å². The Labute approximate surface area is 136 Å². The van der Waals surface area contributed by atoms with Crippen LogP contribution < -0.4 is 9.46 Å². The first-order valence-corrected chi connectivity index (χ1v) is 8.54. The fraction of sp³-hybridized carbons (Fsp3) is 0.400. The zero-order chi connectivity index (χ0) is 17.1. The molecule has 1 atom stereocenters. The van der Waals surface area contributed by atoms with Gasteiger partial charge in [0.15, 0.2) is 0 Å². The number of sulfonamides is 1. The Kier molecular flexibility index (Phi) is 5.08. The number of aliphatic hydroxyl groups is 1. The third-order valence-electron chi connectivity index (χ3n) is 3.38. The van der Waals surface area contributed by atoms with E-state index in [1.54, 1.807) is 33.2 Å². The monoisotopic (exact) mass is 339 g/mol. The molecule has 2 rings (SSSR count). The quantitative estimate of drug-likeness (QED) is 0.774. The summed E-state index contributed by atoms with van der Waals surface area (Å²) in [5, 5.41) is 14.3. The number of ether oxygens (including phenoxy) is 1. The minimum absolute atomic E-state index is 0.0697. The summed E-state index contributed by atoms with van der Waals surface area (Å²) in [4.78, 5) is 0.0697. The van der Waals surface area contributed by atoms with E-state index in [1.807, 2.05) is 12.1 Å². The number of hydrogen-bond acceptors (Lipinski definition) is 5. The number of aromatic nitrogens is 2. The third-order valence-corrected chi connectivity index (χ3v) is 4.73. The summed E-state index contributed by atoms with van der Waals surface area (Å²) >= 11 is 0. The van der Waals surface area contributed by atoms with Gasteiger partial charge in [-0.15, -0.1) is 0 Å². The molecule has 23 heavy (non-hydrogen) atoms. The summed E-state index contributed by atoms with van der Waals surface area (Å²) in [5.41, 5.74) is -0.333. The first-order valence-electron chi connectivity index (χ1n) is 7.05. The fourth-order valence-corrected chi connectivity index (χ4v) is 3.26. The molecule has 0 saturated heterocycles. The van der Waals surface area contributed by atoms with Crippen molar-refractivity contribution in [3.8, 4) is 5.75 Å². The van der Waals surface area contributed by atoms with Crippen LogP contribution >= 0.6 is 0 Å². The van der Waals surface area contributed by atoms with E-state index in [4.69, 9.17) is 4.74 Å². The molecule has 0 saturated carbocycles. The predicted molar refractivity (Wildman–Crippen MR) is 85.7 cm³/mol. The first-order chi connectivity index (χ1) is 10.7. The highest BCUT2D eigenvalue weighted by Crippen LogP contribution is 2.17. The molecule has 0 aliphatic rings. The van der Waals surface area contributed by atoms with Crippen molar-refractivity contribution in [2.24, 2.45) is 7.05 Å². The maximum absolute atomic E-state index is 12.1. The van der Waals surface area contributed by atoms with Crippen LogP contribution in [0.5, 0.6) is 5.75 Å². The van der Waals surface area contributed by atoms with Crippen LogP contribution in [0.4, 0.5) is 0 Å². The molecule has 1 aromatic heterocycles. The SMILES string of the molecule is COc1ccc(CC(C)(O)CNS(=O)(=O)c2cnn(C)c2)cc1. The average Bonchev–Trinajstić information content (AvgIpc) is 2.93. The second kappa shape index (κ2) is 6.69. The van der Waals surface area contributed by atoms with E-state index in [2.05, 4.69) is 9.82 Å². The van der Waals surface area contributed by atoms with Crippen molar-refractivity contribution < 1.29 is 18.3 Å². The minimum atomic E-state index is -3.69. The average molecular weight is 339 g/mol. The number of methoxy groups -OCH3 is 1. The van der Waals surface area contributed by atoms with E-state index in [0.717, 1.165) is 11.3 Å². The molecular formula is C15H21N3O4S. The highest BCUT2D eigenvalue weighted by molar-refractivity contribution is 7.89. The van der Waals surface area contributed by atoms with Gasteiger partial charge in [0.1, 0.15) is 10.6 Å². The van der Waals surface area contributed by atoms with E-state index >= 15 is 0 Å². The summed E-state index contributed by atoms with van der Waals surface area (Å²) in [6.45, 7) is 1.49. The van der Waals surface area contributed by atoms with E-state index in [1.165, 1.54) is 17.1 Å². The summed E-state index contributed by atoms with van der Waals surface area (Å²) in [7, 11) is -0.469. The Morgan fingerprint density at radius 3 is 2.52 bits per heavy atom. The molecule has 2 N–H and O–H groups in total. The molecule has 0 aliphatic heterocycles. The highest BCUT2D eigenvalue weighted by atomic mass is 32.2. The smallest absolute Gasteiger partial charge is 0.243 e. The van der Waals surface area contributed by atoms with Gasteiger partial charge in [-0.1, -0.05) is 12.1 Å². The first kappa shape index (κ1) is 17.5. The third kappa shape index (κ3) is 4.78. The van der Waals surface area contributed by atoms with Crippen molar-refractivity contribution in [3.63, 3.8) is 0 Å². The van der Waals surface area contributed by atoms with Gasteiger partial charge in [0.2, 0.25) is 10.0 Å². The molecule has 0 aliphatic carbocycles. The van der Waals surface area contributed by atoms with Crippen LogP contribution in [0.15, 0.2) is 41.6 Å². The molecule has 0 bridgehead atoms. The fourth-order valence-electron chi connectivity index (χ4n) is 2.12. The van der Waals surface area contributed by atoms with Crippen molar-refractivity contribution in [2.45, 2.75) is 23.8 Å². The van der Waals surface area contributed by atoms with Crippen LogP contribution in [0.2, 0.25) is 0 Å². The lowest BCUT2D eigenvalue weighted by atomic mass is 9.97. The molecule has 7 nitrogen and oxygen atoms in total. The van der Waals surface area contributed by atoms with Crippen molar-refractivity contribution in [3.05, 3.63) is 42.2 Å². The maximum Gasteiger partial charge on any atom is 0.243 e. The number of hydrogen-bond donors (Lipinski definition) is 2. The van der Waals surface area contributed by atoms with Crippen LogP contribution in [-0.2, 0) is 23.5 Å². The lowest BCUT2D eigenvalue weighted by Gasteiger charge is -2.23. The zero-order valence-corrected chi connectivity index (χ0v) is 14.2. The van der Waals surface area contributed by atoms with Gasteiger partial charge in [-0.25, -0.2) is 13.1 Å². The van der Waals surface area contributed by atoms with Crippen LogP contribution in [0, 0.1) is 0 Å².